The van der Waals surface area contributed by atoms with Crippen molar-refractivity contribution in [2.45, 2.75) is 5.41 Å². The number of phenols is 4. The second kappa shape index (κ2) is 8.66. The van der Waals surface area contributed by atoms with Gasteiger partial charge in [-0.3, -0.25) is 0 Å². The van der Waals surface area contributed by atoms with Crippen LogP contribution in [-0.4, -0.2) is 20.4 Å². The molecule has 0 saturated carbocycles. The van der Waals surface area contributed by atoms with Crippen molar-refractivity contribution in [2.75, 3.05) is 0 Å². The van der Waals surface area contributed by atoms with Crippen LogP contribution in [0.5, 0.6) is 34.5 Å². The normalized spacial score (nSPS) is 13.5. The van der Waals surface area contributed by atoms with E-state index in [0.717, 1.165) is 67.1 Å². The third-order valence-corrected chi connectivity index (χ3v) is 8.56. The molecule has 0 bridgehead atoms. The molecule has 6 aromatic rings. The molecule has 6 aromatic carbocycles. The Morgan fingerprint density at radius 2 is 0.786 bits per heavy atom. The fourth-order valence-corrected chi connectivity index (χ4v) is 6.67. The standard InChI is InChI=1S/C37H24O5/c38-31-13-9-23(19-33(31)40)21-11-15-35-29(17-21)37(27-7-3-1-5-25(27)26-6-2-4-8-28(26)37)30-18-22(12-16-36(30)42-35)24-10-14-32(39)34(41)20-24/h1-20,38-41H. The van der Waals surface area contributed by atoms with Gasteiger partial charge in [-0.2, -0.15) is 0 Å². The molecule has 42 heavy (non-hydrogen) atoms. The second-order valence-electron chi connectivity index (χ2n) is 10.8. The maximum Gasteiger partial charge on any atom is 0.158 e. The van der Waals surface area contributed by atoms with E-state index in [4.69, 9.17) is 4.74 Å². The largest absolute Gasteiger partial charge is 0.504 e. The maximum atomic E-state index is 10.3. The number of rotatable bonds is 2. The van der Waals surface area contributed by atoms with Crippen molar-refractivity contribution < 1.29 is 25.2 Å². The van der Waals surface area contributed by atoms with Gasteiger partial charge >= 0.3 is 0 Å². The van der Waals surface area contributed by atoms with Gasteiger partial charge in [0.2, 0.25) is 0 Å². The van der Waals surface area contributed by atoms with Crippen LogP contribution in [0.3, 0.4) is 0 Å². The zero-order valence-corrected chi connectivity index (χ0v) is 22.2. The molecule has 0 aromatic heterocycles. The summed E-state index contributed by atoms with van der Waals surface area (Å²) in [4.78, 5) is 0. The van der Waals surface area contributed by atoms with E-state index in [1.54, 1.807) is 24.3 Å². The van der Waals surface area contributed by atoms with Gasteiger partial charge in [0, 0.05) is 11.1 Å². The van der Waals surface area contributed by atoms with Crippen LogP contribution in [0, 0.1) is 0 Å². The molecular formula is C37H24O5. The fraction of sp³-hybridized carbons (Fsp3) is 0.0270. The Morgan fingerprint density at radius 3 is 1.24 bits per heavy atom. The lowest BCUT2D eigenvalue weighted by molar-refractivity contribution is 0.404. The number of aromatic hydroxyl groups is 4. The summed E-state index contributed by atoms with van der Waals surface area (Å²) in [7, 11) is 0. The predicted octanol–water partition coefficient (Wildman–Crippen LogP) is 8.31. The van der Waals surface area contributed by atoms with Crippen molar-refractivity contribution in [3.63, 3.8) is 0 Å². The minimum absolute atomic E-state index is 0.170. The summed E-state index contributed by atoms with van der Waals surface area (Å²) in [5.41, 5.74) is 9.03. The molecule has 8 rings (SSSR count). The minimum atomic E-state index is -0.722. The molecule has 1 heterocycles. The van der Waals surface area contributed by atoms with Crippen molar-refractivity contribution in [1.82, 2.24) is 0 Å². The number of hydrogen-bond acceptors (Lipinski definition) is 5. The summed E-state index contributed by atoms with van der Waals surface area (Å²) in [6, 6.07) is 38.7. The lowest BCUT2D eigenvalue weighted by Gasteiger charge is -2.40. The first kappa shape index (κ1) is 24.1. The first-order chi connectivity index (χ1) is 20.4. The predicted molar refractivity (Wildman–Crippen MR) is 161 cm³/mol. The zero-order valence-electron chi connectivity index (χ0n) is 22.2. The van der Waals surface area contributed by atoms with Gasteiger partial charge in [0.15, 0.2) is 23.0 Å². The van der Waals surface area contributed by atoms with Crippen LogP contribution in [0.25, 0.3) is 33.4 Å². The quantitative estimate of drug-likeness (QED) is 0.163. The highest BCUT2D eigenvalue weighted by atomic mass is 16.5. The summed E-state index contributed by atoms with van der Waals surface area (Å²) in [6.07, 6.45) is 0. The molecule has 0 radical (unpaired) electrons. The Morgan fingerprint density at radius 1 is 0.381 bits per heavy atom. The Kier molecular flexibility index (Phi) is 4.98. The average molecular weight is 549 g/mol. The first-order valence-corrected chi connectivity index (χ1v) is 13.7. The smallest absolute Gasteiger partial charge is 0.158 e. The van der Waals surface area contributed by atoms with Gasteiger partial charge < -0.3 is 25.2 Å². The molecule has 5 nitrogen and oxygen atoms in total. The second-order valence-corrected chi connectivity index (χ2v) is 10.8. The van der Waals surface area contributed by atoms with Crippen molar-refractivity contribution in [3.8, 4) is 67.9 Å². The fourth-order valence-electron chi connectivity index (χ4n) is 6.67. The number of phenolic OH excluding ortho intramolecular Hbond substituents is 4. The van der Waals surface area contributed by atoms with E-state index in [1.807, 2.05) is 24.3 Å². The molecule has 1 spiro atoms. The van der Waals surface area contributed by atoms with Crippen LogP contribution >= 0.6 is 0 Å². The molecule has 1 aliphatic carbocycles. The third kappa shape index (κ3) is 3.25. The monoisotopic (exact) mass is 548 g/mol. The van der Waals surface area contributed by atoms with E-state index in [2.05, 4.69) is 60.7 Å². The van der Waals surface area contributed by atoms with Gasteiger partial charge in [-0.25, -0.2) is 0 Å². The van der Waals surface area contributed by atoms with Gasteiger partial charge in [-0.1, -0.05) is 72.8 Å². The minimum Gasteiger partial charge on any atom is -0.504 e. The van der Waals surface area contributed by atoms with Crippen LogP contribution in [0.2, 0.25) is 0 Å². The summed E-state index contributed by atoms with van der Waals surface area (Å²) in [5, 5.41) is 40.4. The Balaban J connectivity index is 1.46. The van der Waals surface area contributed by atoms with Gasteiger partial charge in [-0.05, 0) is 93.0 Å². The van der Waals surface area contributed by atoms with Crippen molar-refractivity contribution in [3.05, 3.63) is 144 Å². The van der Waals surface area contributed by atoms with E-state index in [-0.39, 0.29) is 23.0 Å². The van der Waals surface area contributed by atoms with E-state index in [9.17, 15) is 20.4 Å². The van der Waals surface area contributed by atoms with Gasteiger partial charge in [0.25, 0.3) is 0 Å². The number of benzene rings is 6. The van der Waals surface area contributed by atoms with E-state index in [0.29, 0.717) is 0 Å². The topological polar surface area (TPSA) is 90.2 Å². The van der Waals surface area contributed by atoms with Crippen LogP contribution in [-0.2, 0) is 5.41 Å². The number of fused-ring (bicyclic) bond motifs is 9. The van der Waals surface area contributed by atoms with E-state index < -0.39 is 5.41 Å². The lowest BCUT2D eigenvalue weighted by Crippen LogP contribution is -2.32. The Hall–Kier alpha value is -5.68. The Labute approximate surface area is 241 Å². The summed E-state index contributed by atoms with van der Waals surface area (Å²) in [5.74, 6) is 0.764. The molecule has 0 atom stereocenters. The van der Waals surface area contributed by atoms with Crippen molar-refractivity contribution >= 4 is 0 Å². The van der Waals surface area contributed by atoms with Crippen LogP contribution in [0.1, 0.15) is 22.3 Å². The molecule has 2 aliphatic rings. The molecular weight excluding hydrogens is 524 g/mol. The van der Waals surface area contributed by atoms with Crippen LogP contribution in [0.4, 0.5) is 0 Å². The summed E-state index contributed by atoms with van der Waals surface area (Å²) < 4.78 is 6.58. The SMILES string of the molecule is Oc1ccc(-c2ccc3c(c2)C2(c4cc(-c5ccc(O)c(O)c5)ccc4O3)c3ccccc3-c3ccccc32)cc1O. The lowest BCUT2D eigenvalue weighted by atomic mass is 9.65. The first-order valence-electron chi connectivity index (χ1n) is 13.7. The molecule has 0 fully saturated rings. The molecule has 202 valence electrons. The number of hydrogen-bond donors (Lipinski definition) is 4. The van der Waals surface area contributed by atoms with Gasteiger partial charge in [0.1, 0.15) is 11.5 Å². The van der Waals surface area contributed by atoms with Crippen LogP contribution in [0.15, 0.2) is 121 Å². The molecule has 5 heteroatoms. The highest BCUT2D eigenvalue weighted by Gasteiger charge is 2.51. The van der Waals surface area contributed by atoms with E-state index >= 15 is 0 Å². The summed E-state index contributed by atoms with van der Waals surface area (Å²) in [6.45, 7) is 0. The highest BCUT2D eigenvalue weighted by Crippen LogP contribution is 2.62. The van der Waals surface area contributed by atoms with Crippen molar-refractivity contribution in [2.24, 2.45) is 0 Å². The Bertz CT molecular complexity index is 1930. The highest BCUT2D eigenvalue weighted by molar-refractivity contribution is 5.90. The van der Waals surface area contributed by atoms with Gasteiger partial charge in [-0.15, -0.1) is 0 Å². The van der Waals surface area contributed by atoms with Crippen LogP contribution < -0.4 is 4.74 Å². The summed E-state index contributed by atoms with van der Waals surface area (Å²) >= 11 is 0. The third-order valence-electron chi connectivity index (χ3n) is 8.56. The zero-order chi connectivity index (χ0) is 28.6. The van der Waals surface area contributed by atoms with Gasteiger partial charge in [0.05, 0.1) is 5.41 Å². The average Bonchev–Trinajstić information content (AvgIpc) is 3.31. The molecule has 4 N–H and O–H groups in total. The number of ether oxygens (including phenoxy) is 1. The molecule has 0 saturated heterocycles. The molecule has 1 aliphatic heterocycles. The maximum absolute atomic E-state index is 10.3. The molecule has 0 unspecified atom stereocenters. The van der Waals surface area contributed by atoms with Crippen molar-refractivity contribution in [1.29, 1.82) is 0 Å². The van der Waals surface area contributed by atoms with E-state index in [1.165, 1.54) is 12.1 Å². The molecule has 0 amide bonds.